The molecular weight excluding hydrogens is 398 g/mol. The first-order valence-corrected chi connectivity index (χ1v) is 9.55. The van der Waals surface area contributed by atoms with Gasteiger partial charge >= 0.3 is 0 Å². The molecule has 152 valence electrons. The number of imidazole rings is 1. The van der Waals surface area contributed by atoms with Gasteiger partial charge in [-0.1, -0.05) is 12.1 Å². The summed E-state index contributed by atoms with van der Waals surface area (Å²) in [4.78, 5) is 9.33. The van der Waals surface area contributed by atoms with Gasteiger partial charge in [-0.25, -0.2) is 23.3 Å². The maximum absolute atomic E-state index is 13.5. The summed E-state index contributed by atoms with van der Waals surface area (Å²) >= 11 is 0. The number of rotatable bonds is 4. The van der Waals surface area contributed by atoms with E-state index in [4.69, 9.17) is 14.8 Å². The first-order chi connectivity index (χ1) is 15.1. The van der Waals surface area contributed by atoms with Crippen molar-refractivity contribution in [3.63, 3.8) is 0 Å². The number of hydrogen-bond donors (Lipinski definition) is 0. The molecule has 0 bridgehead atoms. The second-order valence-corrected chi connectivity index (χ2v) is 6.89. The molecule has 0 aliphatic carbocycles. The third kappa shape index (κ3) is 3.50. The number of hydrogen-bond acceptors (Lipinski definition) is 4. The van der Waals surface area contributed by atoms with Crippen molar-refractivity contribution in [2.75, 3.05) is 7.11 Å². The SMILES string of the molecule is COc1ccccc1-c1cn2nc(-c3ccc(F)cc3)c(-c3ccc(F)cc3)nc2n1. The molecule has 5 aromatic rings. The number of nitrogens with zero attached hydrogens (tertiary/aromatic N) is 4. The van der Waals surface area contributed by atoms with E-state index in [0.29, 0.717) is 39.7 Å². The summed E-state index contributed by atoms with van der Waals surface area (Å²) < 4.78 is 34.0. The highest BCUT2D eigenvalue weighted by atomic mass is 19.1. The summed E-state index contributed by atoms with van der Waals surface area (Å²) in [5, 5.41) is 4.71. The predicted molar refractivity (Wildman–Crippen MR) is 114 cm³/mol. The fourth-order valence-electron chi connectivity index (χ4n) is 3.42. The Hall–Kier alpha value is -4.13. The van der Waals surface area contributed by atoms with Crippen LogP contribution in [-0.2, 0) is 0 Å². The van der Waals surface area contributed by atoms with Crippen LogP contribution in [-0.4, -0.2) is 26.7 Å². The Kier molecular flexibility index (Phi) is 4.63. The number of halogens is 2. The Morgan fingerprint density at radius 3 is 2.00 bits per heavy atom. The number of benzene rings is 3. The van der Waals surface area contributed by atoms with Crippen molar-refractivity contribution in [2.45, 2.75) is 0 Å². The zero-order valence-electron chi connectivity index (χ0n) is 16.5. The molecule has 0 radical (unpaired) electrons. The lowest BCUT2D eigenvalue weighted by Crippen LogP contribution is -2.01. The highest BCUT2D eigenvalue weighted by Gasteiger charge is 2.17. The normalized spacial score (nSPS) is 11.1. The fourth-order valence-corrected chi connectivity index (χ4v) is 3.42. The van der Waals surface area contributed by atoms with E-state index in [1.165, 1.54) is 24.3 Å². The van der Waals surface area contributed by atoms with Crippen LogP contribution in [0.3, 0.4) is 0 Å². The third-order valence-electron chi connectivity index (χ3n) is 4.93. The summed E-state index contributed by atoms with van der Waals surface area (Å²) in [6.45, 7) is 0. The molecule has 31 heavy (non-hydrogen) atoms. The summed E-state index contributed by atoms with van der Waals surface area (Å²) in [6.07, 6.45) is 1.77. The van der Waals surface area contributed by atoms with E-state index in [-0.39, 0.29) is 11.6 Å². The molecule has 2 aromatic heterocycles. The molecule has 0 spiro atoms. The van der Waals surface area contributed by atoms with Gasteiger partial charge in [0.15, 0.2) is 0 Å². The maximum Gasteiger partial charge on any atom is 0.251 e. The molecule has 0 fully saturated rings. The van der Waals surface area contributed by atoms with E-state index in [1.54, 1.807) is 42.1 Å². The van der Waals surface area contributed by atoms with E-state index in [1.807, 2.05) is 24.3 Å². The van der Waals surface area contributed by atoms with Crippen molar-refractivity contribution >= 4 is 5.78 Å². The summed E-state index contributed by atoms with van der Waals surface area (Å²) in [7, 11) is 1.60. The lowest BCUT2D eigenvalue weighted by atomic mass is 10.0. The lowest BCUT2D eigenvalue weighted by molar-refractivity contribution is 0.416. The smallest absolute Gasteiger partial charge is 0.251 e. The Morgan fingerprint density at radius 1 is 0.742 bits per heavy atom. The Bertz CT molecular complexity index is 1300. The summed E-state index contributed by atoms with van der Waals surface area (Å²) in [5.74, 6) is 0.372. The minimum Gasteiger partial charge on any atom is -0.496 e. The molecule has 0 aliphatic heterocycles. The van der Waals surface area contributed by atoms with Crippen LogP contribution in [0.15, 0.2) is 79.0 Å². The minimum atomic E-state index is -0.347. The zero-order valence-corrected chi connectivity index (χ0v) is 16.5. The number of methoxy groups -OCH3 is 1. The number of fused-ring (bicyclic) bond motifs is 1. The van der Waals surface area contributed by atoms with Crippen molar-refractivity contribution in [1.82, 2.24) is 19.6 Å². The van der Waals surface area contributed by atoms with Gasteiger partial charge in [-0.05, 0) is 60.7 Å². The molecule has 0 saturated carbocycles. The highest BCUT2D eigenvalue weighted by molar-refractivity contribution is 5.79. The van der Waals surface area contributed by atoms with Gasteiger partial charge < -0.3 is 4.74 Å². The van der Waals surface area contributed by atoms with Crippen molar-refractivity contribution in [3.05, 3.63) is 90.6 Å². The molecule has 0 unspecified atom stereocenters. The van der Waals surface area contributed by atoms with Crippen molar-refractivity contribution in [1.29, 1.82) is 0 Å². The molecule has 5 rings (SSSR count). The highest BCUT2D eigenvalue weighted by Crippen LogP contribution is 2.32. The van der Waals surface area contributed by atoms with Crippen LogP contribution in [0.1, 0.15) is 0 Å². The first kappa shape index (κ1) is 18.9. The van der Waals surface area contributed by atoms with Crippen LogP contribution in [0.4, 0.5) is 8.78 Å². The second kappa shape index (κ2) is 7.60. The van der Waals surface area contributed by atoms with Crippen LogP contribution < -0.4 is 4.74 Å². The van der Waals surface area contributed by atoms with E-state index in [2.05, 4.69) is 4.98 Å². The van der Waals surface area contributed by atoms with Crippen LogP contribution in [0.25, 0.3) is 39.5 Å². The van der Waals surface area contributed by atoms with Gasteiger partial charge in [0.25, 0.3) is 5.78 Å². The van der Waals surface area contributed by atoms with Crippen LogP contribution >= 0.6 is 0 Å². The van der Waals surface area contributed by atoms with E-state index in [0.717, 1.165) is 5.56 Å². The Labute approximate surface area is 176 Å². The monoisotopic (exact) mass is 414 g/mol. The van der Waals surface area contributed by atoms with Crippen LogP contribution in [0, 0.1) is 11.6 Å². The largest absolute Gasteiger partial charge is 0.496 e. The van der Waals surface area contributed by atoms with E-state index in [9.17, 15) is 8.78 Å². The molecule has 5 nitrogen and oxygen atoms in total. The molecule has 0 aliphatic rings. The predicted octanol–water partition coefficient (Wildman–Crippen LogP) is 5.41. The van der Waals surface area contributed by atoms with E-state index < -0.39 is 0 Å². The Balaban J connectivity index is 1.74. The van der Waals surface area contributed by atoms with Crippen molar-refractivity contribution in [2.24, 2.45) is 0 Å². The van der Waals surface area contributed by atoms with Gasteiger partial charge in [0, 0.05) is 16.7 Å². The number of para-hydroxylation sites is 1. The minimum absolute atomic E-state index is 0.345. The first-order valence-electron chi connectivity index (χ1n) is 9.55. The lowest BCUT2D eigenvalue weighted by Gasteiger charge is -2.09. The molecule has 0 saturated heterocycles. The molecule has 0 amide bonds. The second-order valence-electron chi connectivity index (χ2n) is 6.89. The summed E-state index contributed by atoms with van der Waals surface area (Å²) in [6, 6.07) is 19.5. The average Bonchev–Trinajstić information content (AvgIpc) is 3.22. The fraction of sp³-hybridized carbons (Fsp3) is 0.0417. The van der Waals surface area contributed by atoms with Crippen LogP contribution in [0.5, 0.6) is 5.75 Å². The van der Waals surface area contributed by atoms with Gasteiger partial charge in [0.1, 0.15) is 28.8 Å². The molecular formula is C24H16F2N4O. The van der Waals surface area contributed by atoms with Gasteiger partial charge in [-0.2, -0.15) is 5.10 Å². The van der Waals surface area contributed by atoms with Gasteiger partial charge in [0.2, 0.25) is 0 Å². The molecule has 2 heterocycles. The summed E-state index contributed by atoms with van der Waals surface area (Å²) in [5.41, 5.74) is 3.88. The van der Waals surface area contributed by atoms with Gasteiger partial charge in [-0.15, -0.1) is 0 Å². The Morgan fingerprint density at radius 2 is 1.35 bits per heavy atom. The molecule has 0 N–H and O–H groups in total. The maximum atomic E-state index is 13.5. The molecule has 3 aromatic carbocycles. The molecule has 0 atom stereocenters. The average molecular weight is 414 g/mol. The van der Waals surface area contributed by atoms with Crippen LogP contribution in [0.2, 0.25) is 0 Å². The zero-order chi connectivity index (χ0) is 21.4. The van der Waals surface area contributed by atoms with Gasteiger partial charge in [0.05, 0.1) is 19.0 Å². The van der Waals surface area contributed by atoms with E-state index >= 15 is 0 Å². The molecule has 7 heteroatoms. The van der Waals surface area contributed by atoms with Gasteiger partial charge in [-0.3, -0.25) is 0 Å². The number of aromatic nitrogens is 4. The van der Waals surface area contributed by atoms with Crippen molar-refractivity contribution in [3.8, 4) is 39.5 Å². The third-order valence-corrected chi connectivity index (χ3v) is 4.93. The number of ether oxygens (including phenoxy) is 1. The standard InChI is InChI=1S/C24H16F2N4O/c1-31-21-5-3-2-4-19(21)20-14-30-24(27-20)28-22(15-6-10-17(25)11-7-15)23(29-30)16-8-12-18(26)13-9-16/h2-14H,1H3. The quantitative estimate of drug-likeness (QED) is 0.395. The van der Waals surface area contributed by atoms with Crippen molar-refractivity contribution < 1.29 is 13.5 Å². The topological polar surface area (TPSA) is 52.3 Å².